The molecule has 0 N–H and O–H groups in total. The second-order valence-electron chi connectivity index (χ2n) is 8.36. The first-order valence-corrected chi connectivity index (χ1v) is 13.3. The van der Waals surface area contributed by atoms with Gasteiger partial charge in [0.1, 0.15) is 28.9 Å². The number of aromatic nitrogens is 1. The fourth-order valence-electron chi connectivity index (χ4n) is 4.17. The minimum absolute atomic E-state index is 0.130. The van der Waals surface area contributed by atoms with E-state index in [0.717, 1.165) is 5.56 Å². The van der Waals surface area contributed by atoms with E-state index in [1.807, 2.05) is 30.3 Å². The lowest BCUT2D eigenvalue weighted by Gasteiger charge is -2.24. The van der Waals surface area contributed by atoms with E-state index in [9.17, 15) is 9.59 Å². The van der Waals surface area contributed by atoms with E-state index in [0.29, 0.717) is 47.9 Å². The molecule has 0 saturated heterocycles. The topological polar surface area (TPSA) is 83.0 Å². The van der Waals surface area contributed by atoms with E-state index in [1.165, 1.54) is 11.3 Å². The van der Waals surface area contributed by atoms with E-state index in [1.54, 1.807) is 54.8 Å². The Morgan fingerprint density at radius 2 is 1.92 bits per heavy atom. The summed E-state index contributed by atoms with van der Waals surface area (Å²) in [7, 11) is 0. The minimum atomic E-state index is -0.656. The van der Waals surface area contributed by atoms with Crippen LogP contribution in [0.2, 0.25) is 10.0 Å². The average Bonchev–Trinajstić information content (AvgIpc) is 3.48. The van der Waals surface area contributed by atoms with Crippen LogP contribution in [0.3, 0.4) is 0 Å². The number of halogens is 2. The highest BCUT2D eigenvalue weighted by Crippen LogP contribution is 2.32. The number of hydrogen-bond donors (Lipinski definition) is 0. The van der Waals surface area contributed by atoms with Crippen LogP contribution in [0.1, 0.15) is 37.0 Å². The van der Waals surface area contributed by atoms with Crippen LogP contribution >= 0.6 is 34.5 Å². The van der Waals surface area contributed by atoms with Crippen molar-refractivity contribution in [2.24, 2.45) is 4.99 Å². The molecule has 10 heteroatoms. The van der Waals surface area contributed by atoms with E-state index in [4.69, 9.17) is 37.1 Å². The van der Waals surface area contributed by atoms with Crippen LogP contribution in [0, 0.1) is 0 Å². The van der Waals surface area contributed by atoms with Crippen molar-refractivity contribution < 1.29 is 18.7 Å². The lowest BCUT2D eigenvalue weighted by Crippen LogP contribution is -2.39. The van der Waals surface area contributed by atoms with Crippen LogP contribution in [0.4, 0.5) is 0 Å². The fraction of sp³-hybridized carbons (Fsp3) is 0.179. The summed E-state index contributed by atoms with van der Waals surface area (Å²) in [5, 5.41) is 0.724. The highest BCUT2D eigenvalue weighted by atomic mass is 35.5. The van der Waals surface area contributed by atoms with Gasteiger partial charge in [0.05, 0.1) is 33.5 Å². The average molecular weight is 569 g/mol. The Balaban J connectivity index is 1.50. The first kappa shape index (κ1) is 26.0. The van der Waals surface area contributed by atoms with Crippen molar-refractivity contribution in [2.75, 3.05) is 6.61 Å². The van der Waals surface area contributed by atoms with Crippen LogP contribution in [0.15, 0.2) is 86.1 Å². The van der Waals surface area contributed by atoms with Crippen LogP contribution in [-0.2, 0) is 16.1 Å². The van der Waals surface area contributed by atoms with Gasteiger partial charge >= 0.3 is 5.97 Å². The first-order valence-electron chi connectivity index (χ1n) is 11.8. The number of esters is 1. The summed E-state index contributed by atoms with van der Waals surface area (Å²) in [6, 6.07) is 17.4. The van der Waals surface area contributed by atoms with Gasteiger partial charge in [-0.15, -0.1) is 0 Å². The maximum absolute atomic E-state index is 13.6. The SMILES string of the molecule is CCOC(=O)C1=C(C)N=c2s/c(=C\c3ccc(COc4cccc(Cl)c4Cl)o3)c(=O)n2[C@@H]1c1ccccc1. The lowest BCUT2D eigenvalue weighted by molar-refractivity contribution is -0.139. The van der Waals surface area contributed by atoms with Crippen LogP contribution < -0.4 is 19.6 Å². The van der Waals surface area contributed by atoms with Gasteiger partial charge in [-0.3, -0.25) is 9.36 Å². The Kier molecular flexibility index (Phi) is 7.56. The first-order chi connectivity index (χ1) is 18.4. The van der Waals surface area contributed by atoms with Crippen molar-refractivity contribution in [3.05, 3.63) is 119 Å². The minimum Gasteiger partial charge on any atom is -0.484 e. The normalized spacial score (nSPS) is 15.3. The van der Waals surface area contributed by atoms with Crippen molar-refractivity contribution in [3.8, 4) is 5.75 Å². The molecule has 194 valence electrons. The van der Waals surface area contributed by atoms with Crippen LogP contribution in [-0.4, -0.2) is 17.1 Å². The number of carbonyl (C=O) groups is 1. The molecule has 0 bridgehead atoms. The van der Waals surface area contributed by atoms with Gasteiger partial charge in [0.2, 0.25) is 0 Å². The second kappa shape index (κ2) is 11.0. The van der Waals surface area contributed by atoms with E-state index in [-0.39, 0.29) is 18.8 Å². The summed E-state index contributed by atoms with van der Waals surface area (Å²) in [5.74, 6) is 0.970. The zero-order valence-corrected chi connectivity index (χ0v) is 22.8. The number of nitrogens with zero attached hydrogens (tertiary/aromatic N) is 2. The summed E-state index contributed by atoms with van der Waals surface area (Å²) in [4.78, 5) is 31.6. The number of carbonyl (C=O) groups excluding carboxylic acids is 1. The third-order valence-electron chi connectivity index (χ3n) is 5.87. The molecule has 1 aliphatic rings. The number of thiazole rings is 1. The zero-order valence-electron chi connectivity index (χ0n) is 20.4. The van der Waals surface area contributed by atoms with Gasteiger partial charge in [0.25, 0.3) is 5.56 Å². The Morgan fingerprint density at radius 1 is 1.13 bits per heavy atom. The number of ether oxygens (including phenoxy) is 2. The number of fused-ring (bicyclic) bond motifs is 1. The molecule has 4 aromatic rings. The summed E-state index contributed by atoms with van der Waals surface area (Å²) in [6.45, 7) is 3.85. The molecule has 0 saturated carbocycles. The molecule has 0 unspecified atom stereocenters. The molecule has 38 heavy (non-hydrogen) atoms. The molecule has 0 spiro atoms. The molecule has 2 aromatic carbocycles. The number of allylic oxidation sites excluding steroid dienone is 1. The molecule has 0 amide bonds. The molecule has 0 fully saturated rings. The predicted octanol–water partition coefficient (Wildman–Crippen LogP) is 5.28. The van der Waals surface area contributed by atoms with Gasteiger partial charge in [0.15, 0.2) is 4.80 Å². The number of hydrogen-bond acceptors (Lipinski definition) is 7. The second-order valence-corrected chi connectivity index (χ2v) is 10.2. The monoisotopic (exact) mass is 568 g/mol. The van der Waals surface area contributed by atoms with Crippen molar-refractivity contribution >= 4 is 46.6 Å². The molecule has 3 heterocycles. The lowest BCUT2D eigenvalue weighted by atomic mass is 9.96. The Hall–Kier alpha value is -3.59. The van der Waals surface area contributed by atoms with Crippen molar-refractivity contribution in [2.45, 2.75) is 26.5 Å². The molecule has 2 aromatic heterocycles. The molecule has 0 radical (unpaired) electrons. The summed E-state index contributed by atoms with van der Waals surface area (Å²) < 4.78 is 18.9. The van der Waals surface area contributed by atoms with Gasteiger partial charge < -0.3 is 13.9 Å². The van der Waals surface area contributed by atoms with Crippen molar-refractivity contribution in [1.29, 1.82) is 0 Å². The highest BCUT2D eigenvalue weighted by molar-refractivity contribution is 7.07. The van der Waals surface area contributed by atoms with E-state index in [2.05, 4.69) is 4.99 Å². The van der Waals surface area contributed by atoms with E-state index < -0.39 is 12.0 Å². The Labute approximate surface area is 231 Å². The highest BCUT2D eigenvalue weighted by Gasteiger charge is 2.33. The molecule has 5 rings (SSSR count). The number of furan rings is 1. The third-order valence-corrected chi connectivity index (χ3v) is 7.66. The molecule has 1 atom stereocenters. The number of rotatable bonds is 7. The molecular formula is C28H22Cl2N2O5S. The molecular weight excluding hydrogens is 547 g/mol. The summed E-state index contributed by atoms with van der Waals surface area (Å²) in [5.41, 5.74) is 1.36. The zero-order chi connectivity index (χ0) is 26.8. The quantitative estimate of drug-likeness (QED) is 0.283. The smallest absolute Gasteiger partial charge is 0.338 e. The number of benzene rings is 2. The van der Waals surface area contributed by atoms with Crippen LogP contribution in [0.25, 0.3) is 6.08 Å². The summed E-state index contributed by atoms with van der Waals surface area (Å²) in [6.07, 6.45) is 1.66. The maximum atomic E-state index is 13.6. The Bertz CT molecular complexity index is 1720. The van der Waals surface area contributed by atoms with Crippen molar-refractivity contribution in [3.63, 3.8) is 0 Å². The molecule has 7 nitrogen and oxygen atoms in total. The van der Waals surface area contributed by atoms with E-state index >= 15 is 0 Å². The standard InChI is InChI=1S/C28H22Cl2N2O5S/c1-3-35-27(34)23-16(2)31-28-32(25(23)17-8-5-4-6-9-17)26(33)22(38-28)14-18-12-13-19(37-18)15-36-21-11-7-10-20(29)24(21)30/h4-14,25H,3,15H2,1-2H3/b22-14-/t25-/m1/s1. The fourth-order valence-corrected chi connectivity index (χ4v) is 5.54. The van der Waals surface area contributed by atoms with Gasteiger partial charge in [-0.25, -0.2) is 9.79 Å². The molecule has 1 aliphatic heterocycles. The van der Waals surface area contributed by atoms with Gasteiger partial charge in [0, 0.05) is 6.08 Å². The van der Waals surface area contributed by atoms with Gasteiger partial charge in [-0.05, 0) is 43.7 Å². The predicted molar refractivity (Wildman–Crippen MR) is 146 cm³/mol. The maximum Gasteiger partial charge on any atom is 0.338 e. The third kappa shape index (κ3) is 5.07. The van der Waals surface area contributed by atoms with Crippen LogP contribution in [0.5, 0.6) is 5.75 Å². The van der Waals surface area contributed by atoms with Gasteiger partial charge in [-0.2, -0.15) is 0 Å². The Morgan fingerprint density at radius 3 is 2.68 bits per heavy atom. The summed E-state index contributed by atoms with van der Waals surface area (Å²) >= 11 is 13.5. The van der Waals surface area contributed by atoms with Gasteiger partial charge in [-0.1, -0.05) is 70.9 Å². The largest absolute Gasteiger partial charge is 0.484 e. The molecule has 0 aliphatic carbocycles. The van der Waals surface area contributed by atoms with Crippen molar-refractivity contribution in [1.82, 2.24) is 4.57 Å².